The molecule has 0 bridgehead atoms. The number of nitrogens with zero attached hydrogens (tertiary/aromatic N) is 1. The molecule has 1 aromatic heterocycles. The van der Waals surface area contributed by atoms with Crippen LogP contribution in [0.25, 0.3) is 16.5 Å². The van der Waals surface area contributed by atoms with Gasteiger partial charge >= 0.3 is 0 Å². The van der Waals surface area contributed by atoms with Crippen molar-refractivity contribution < 1.29 is 9.53 Å². The normalized spacial score (nSPS) is 14.4. The summed E-state index contributed by atoms with van der Waals surface area (Å²) in [5.41, 5.74) is 4.95. The van der Waals surface area contributed by atoms with Gasteiger partial charge in [0.2, 0.25) is 0 Å². The number of ether oxygens (including phenoxy) is 1. The molecule has 4 heteroatoms. The summed E-state index contributed by atoms with van der Waals surface area (Å²) in [7, 11) is 0. The Morgan fingerprint density at radius 2 is 1.93 bits per heavy atom. The molecular weight excluding hydrogens is 348 g/mol. The number of amides is 1. The molecule has 144 valence electrons. The number of H-pyrrole nitrogens is 1. The van der Waals surface area contributed by atoms with Crippen LogP contribution in [0.15, 0.2) is 60.8 Å². The average molecular weight is 374 g/mol. The first kappa shape index (κ1) is 18.4. The predicted octanol–water partition coefficient (Wildman–Crippen LogP) is 4.99. The highest BCUT2D eigenvalue weighted by Gasteiger charge is 2.19. The topological polar surface area (TPSA) is 45.3 Å². The van der Waals surface area contributed by atoms with Gasteiger partial charge in [-0.15, -0.1) is 0 Å². The van der Waals surface area contributed by atoms with Crippen LogP contribution >= 0.6 is 0 Å². The third-order valence-electron chi connectivity index (χ3n) is 5.41. The lowest BCUT2D eigenvalue weighted by atomic mass is 9.99. The van der Waals surface area contributed by atoms with E-state index in [-0.39, 0.29) is 12.5 Å². The van der Waals surface area contributed by atoms with Crippen molar-refractivity contribution in [3.05, 3.63) is 71.9 Å². The third kappa shape index (κ3) is 3.81. The fourth-order valence-corrected chi connectivity index (χ4v) is 3.66. The van der Waals surface area contributed by atoms with Crippen molar-refractivity contribution >= 4 is 22.4 Å². The molecule has 2 heterocycles. The summed E-state index contributed by atoms with van der Waals surface area (Å²) in [5, 5.41) is 1.24. The molecule has 0 fully saturated rings. The SMILES string of the molecule is CC(C)c1ccc(OCC(=O)N2CC=C(c3c[nH]c4ccccc34)CC2)cc1. The largest absolute Gasteiger partial charge is 0.484 e. The molecule has 1 aliphatic rings. The Morgan fingerprint density at radius 3 is 2.64 bits per heavy atom. The zero-order valence-corrected chi connectivity index (χ0v) is 16.4. The van der Waals surface area contributed by atoms with Crippen molar-refractivity contribution in [2.24, 2.45) is 0 Å². The lowest BCUT2D eigenvalue weighted by Crippen LogP contribution is -2.37. The van der Waals surface area contributed by atoms with Crippen LogP contribution < -0.4 is 4.74 Å². The molecule has 0 saturated carbocycles. The molecule has 28 heavy (non-hydrogen) atoms. The Balaban J connectivity index is 1.35. The second-order valence-electron chi connectivity index (χ2n) is 7.58. The van der Waals surface area contributed by atoms with Crippen LogP contribution in [0.2, 0.25) is 0 Å². The van der Waals surface area contributed by atoms with Gasteiger partial charge in [-0.3, -0.25) is 4.79 Å². The molecule has 4 nitrogen and oxygen atoms in total. The van der Waals surface area contributed by atoms with Crippen LogP contribution in [0.5, 0.6) is 5.75 Å². The van der Waals surface area contributed by atoms with E-state index < -0.39 is 0 Å². The molecule has 0 aliphatic carbocycles. The number of para-hydroxylation sites is 1. The Bertz CT molecular complexity index is 999. The third-order valence-corrected chi connectivity index (χ3v) is 5.41. The van der Waals surface area contributed by atoms with Crippen molar-refractivity contribution in [1.29, 1.82) is 0 Å². The summed E-state index contributed by atoms with van der Waals surface area (Å²) >= 11 is 0. The first-order valence-corrected chi connectivity index (χ1v) is 9.88. The molecule has 0 atom stereocenters. The minimum absolute atomic E-state index is 0.0298. The highest BCUT2D eigenvalue weighted by atomic mass is 16.5. The van der Waals surface area contributed by atoms with E-state index in [1.807, 2.05) is 23.1 Å². The van der Waals surface area contributed by atoms with Gasteiger partial charge in [0.05, 0.1) is 0 Å². The van der Waals surface area contributed by atoms with Gasteiger partial charge in [0.25, 0.3) is 5.91 Å². The summed E-state index contributed by atoms with van der Waals surface area (Å²) < 4.78 is 5.70. The summed E-state index contributed by atoms with van der Waals surface area (Å²) in [6, 6.07) is 16.3. The predicted molar refractivity (Wildman–Crippen MR) is 113 cm³/mol. The number of hydrogen-bond donors (Lipinski definition) is 1. The van der Waals surface area contributed by atoms with E-state index in [1.165, 1.54) is 22.1 Å². The van der Waals surface area contributed by atoms with Crippen LogP contribution in [-0.2, 0) is 4.79 Å². The van der Waals surface area contributed by atoms with Gasteiger partial charge in [-0.2, -0.15) is 0 Å². The molecule has 0 spiro atoms. The van der Waals surface area contributed by atoms with Crippen LogP contribution in [0.1, 0.15) is 37.3 Å². The number of fused-ring (bicyclic) bond motifs is 1. The molecule has 1 amide bonds. The van der Waals surface area contributed by atoms with Gasteiger partial charge in [0.15, 0.2) is 6.61 Å². The number of nitrogens with one attached hydrogen (secondary N) is 1. The quantitative estimate of drug-likeness (QED) is 0.684. The van der Waals surface area contributed by atoms with Crippen molar-refractivity contribution in [3.8, 4) is 5.75 Å². The highest BCUT2D eigenvalue weighted by Crippen LogP contribution is 2.29. The Morgan fingerprint density at radius 1 is 1.14 bits per heavy atom. The Labute approximate surface area is 165 Å². The Hall–Kier alpha value is -3.01. The Kier molecular flexibility index (Phi) is 5.20. The van der Waals surface area contributed by atoms with E-state index in [0.717, 1.165) is 24.2 Å². The van der Waals surface area contributed by atoms with Gasteiger partial charge in [-0.05, 0) is 41.7 Å². The van der Waals surface area contributed by atoms with Gasteiger partial charge in [0, 0.05) is 35.8 Å². The first-order valence-electron chi connectivity index (χ1n) is 9.88. The number of carbonyl (C=O) groups is 1. The molecule has 0 unspecified atom stereocenters. The zero-order valence-electron chi connectivity index (χ0n) is 16.4. The van der Waals surface area contributed by atoms with Gasteiger partial charge in [-0.1, -0.05) is 50.3 Å². The molecule has 3 aromatic rings. The van der Waals surface area contributed by atoms with Crippen LogP contribution in [0.4, 0.5) is 0 Å². The smallest absolute Gasteiger partial charge is 0.260 e. The monoisotopic (exact) mass is 374 g/mol. The maximum absolute atomic E-state index is 12.5. The van der Waals surface area contributed by atoms with Gasteiger partial charge in [0.1, 0.15) is 5.75 Å². The molecule has 1 N–H and O–H groups in total. The second kappa shape index (κ2) is 7.93. The summed E-state index contributed by atoms with van der Waals surface area (Å²) in [6.45, 7) is 5.75. The lowest BCUT2D eigenvalue weighted by Gasteiger charge is -2.26. The summed E-state index contributed by atoms with van der Waals surface area (Å²) in [6.07, 6.45) is 5.09. The first-order chi connectivity index (χ1) is 13.6. The number of carbonyl (C=O) groups excluding carboxylic acids is 1. The second-order valence-corrected chi connectivity index (χ2v) is 7.58. The fraction of sp³-hybridized carbons (Fsp3) is 0.292. The standard InChI is InChI=1S/C24H26N2O2/c1-17(2)18-7-9-20(10-8-18)28-16-24(27)26-13-11-19(12-14-26)22-15-25-23-6-4-3-5-21(22)23/h3-11,15,17,25H,12-14,16H2,1-2H3. The minimum Gasteiger partial charge on any atom is -0.484 e. The number of aromatic amines is 1. The number of benzene rings is 2. The molecule has 0 saturated heterocycles. The van der Waals surface area contributed by atoms with E-state index in [9.17, 15) is 4.79 Å². The van der Waals surface area contributed by atoms with E-state index in [0.29, 0.717) is 12.5 Å². The van der Waals surface area contributed by atoms with Crippen LogP contribution in [0, 0.1) is 0 Å². The minimum atomic E-state index is 0.0298. The maximum atomic E-state index is 12.5. The molecular formula is C24H26N2O2. The van der Waals surface area contributed by atoms with Crippen molar-refractivity contribution in [1.82, 2.24) is 9.88 Å². The number of aromatic nitrogens is 1. The van der Waals surface area contributed by atoms with E-state index in [1.54, 1.807) is 0 Å². The lowest BCUT2D eigenvalue weighted by molar-refractivity contribution is -0.132. The molecule has 4 rings (SSSR count). The average Bonchev–Trinajstić information content (AvgIpc) is 3.16. The zero-order chi connectivity index (χ0) is 19.5. The van der Waals surface area contributed by atoms with E-state index in [4.69, 9.17) is 4.74 Å². The van der Waals surface area contributed by atoms with E-state index >= 15 is 0 Å². The molecule has 1 aliphatic heterocycles. The highest BCUT2D eigenvalue weighted by molar-refractivity contribution is 5.93. The van der Waals surface area contributed by atoms with Gasteiger partial charge in [-0.25, -0.2) is 0 Å². The van der Waals surface area contributed by atoms with Crippen LogP contribution in [-0.4, -0.2) is 35.5 Å². The summed E-state index contributed by atoms with van der Waals surface area (Å²) in [4.78, 5) is 17.7. The van der Waals surface area contributed by atoms with Crippen molar-refractivity contribution in [2.45, 2.75) is 26.2 Å². The van der Waals surface area contributed by atoms with Crippen LogP contribution in [0.3, 0.4) is 0 Å². The number of rotatable bonds is 5. The number of hydrogen-bond acceptors (Lipinski definition) is 2. The summed E-state index contributed by atoms with van der Waals surface area (Å²) in [5.74, 6) is 1.26. The maximum Gasteiger partial charge on any atom is 0.260 e. The molecule has 0 radical (unpaired) electrons. The van der Waals surface area contributed by atoms with Gasteiger partial charge < -0.3 is 14.6 Å². The van der Waals surface area contributed by atoms with Crippen molar-refractivity contribution in [2.75, 3.05) is 19.7 Å². The fourth-order valence-electron chi connectivity index (χ4n) is 3.66. The van der Waals surface area contributed by atoms with Crippen molar-refractivity contribution in [3.63, 3.8) is 0 Å². The molecule has 2 aromatic carbocycles. The van der Waals surface area contributed by atoms with E-state index in [2.05, 4.69) is 61.4 Å².